The molecule has 1 amide bonds. The summed E-state index contributed by atoms with van der Waals surface area (Å²) in [5.41, 5.74) is 2.59. The number of halogens is 2. The lowest BCUT2D eigenvalue weighted by Crippen LogP contribution is -2.23. The number of hydrogen-bond donors (Lipinski definition) is 1. The Hall–Kier alpha value is -3.22. The van der Waals surface area contributed by atoms with Gasteiger partial charge in [0.25, 0.3) is 5.91 Å². The molecule has 0 aliphatic heterocycles. The molecule has 0 bridgehead atoms. The molecule has 0 aliphatic rings. The zero-order valence-electron chi connectivity index (χ0n) is 16.3. The first kappa shape index (κ1) is 21.0. The fourth-order valence-electron chi connectivity index (χ4n) is 2.90. The smallest absolute Gasteiger partial charge is 0.271 e. The number of nitrogens with zero attached hydrogens (tertiary/aromatic N) is 1. The molecule has 0 saturated heterocycles. The first-order valence-electron chi connectivity index (χ1n) is 9.54. The second-order valence-electron chi connectivity index (χ2n) is 6.72. The van der Waals surface area contributed by atoms with Gasteiger partial charge in [0.05, 0.1) is 5.02 Å². The Morgan fingerprint density at radius 1 is 1.03 bits per heavy atom. The molecule has 31 heavy (non-hydrogen) atoms. The van der Waals surface area contributed by atoms with Crippen molar-refractivity contribution in [1.82, 2.24) is 10.3 Å². The minimum absolute atomic E-state index is 0.0356. The topological polar surface area (TPSA) is 51.2 Å². The van der Waals surface area contributed by atoms with Crippen LogP contribution in [0.1, 0.15) is 21.6 Å². The number of carbonyl (C=O) groups excluding carboxylic acids is 1. The lowest BCUT2D eigenvalue weighted by Gasteiger charge is -2.09. The van der Waals surface area contributed by atoms with E-state index in [2.05, 4.69) is 10.3 Å². The van der Waals surface area contributed by atoms with E-state index in [1.165, 1.54) is 17.4 Å². The Kier molecular flexibility index (Phi) is 6.60. The number of hydrogen-bond acceptors (Lipinski definition) is 4. The average Bonchev–Trinajstić information content (AvgIpc) is 3.29. The zero-order valence-corrected chi connectivity index (χ0v) is 17.9. The number of nitrogens with one attached hydrogen (secondary N) is 1. The van der Waals surface area contributed by atoms with E-state index >= 15 is 0 Å². The third-order valence-corrected chi connectivity index (χ3v) is 5.82. The molecular formula is C24H18ClFN2O2S. The molecule has 4 nitrogen and oxygen atoms in total. The van der Waals surface area contributed by atoms with Crippen molar-refractivity contribution in [3.8, 4) is 16.3 Å². The molecule has 0 fully saturated rings. The summed E-state index contributed by atoms with van der Waals surface area (Å²) in [4.78, 5) is 16.8. The van der Waals surface area contributed by atoms with Crippen LogP contribution in [0.25, 0.3) is 10.6 Å². The first-order chi connectivity index (χ1) is 15.1. The van der Waals surface area contributed by atoms with Crippen LogP contribution in [0.2, 0.25) is 5.02 Å². The number of ether oxygens (including phenoxy) is 1. The summed E-state index contributed by atoms with van der Waals surface area (Å²) >= 11 is 7.42. The molecule has 156 valence electrons. The van der Waals surface area contributed by atoms with Gasteiger partial charge in [0.15, 0.2) is 0 Å². The van der Waals surface area contributed by atoms with E-state index in [0.29, 0.717) is 28.6 Å². The molecule has 4 aromatic rings. The van der Waals surface area contributed by atoms with Crippen molar-refractivity contribution in [3.05, 3.63) is 106 Å². The van der Waals surface area contributed by atoms with Crippen molar-refractivity contribution in [2.24, 2.45) is 0 Å². The van der Waals surface area contributed by atoms with E-state index in [1.54, 1.807) is 29.6 Å². The normalized spacial score (nSPS) is 10.6. The maximum atomic E-state index is 13.9. The van der Waals surface area contributed by atoms with Crippen molar-refractivity contribution in [2.75, 3.05) is 0 Å². The molecule has 3 aromatic carbocycles. The Balaban J connectivity index is 1.37. The Morgan fingerprint density at radius 3 is 2.55 bits per heavy atom. The Bertz CT molecular complexity index is 1160. The van der Waals surface area contributed by atoms with Crippen LogP contribution in [-0.2, 0) is 13.2 Å². The van der Waals surface area contributed by atoms with E-state index in [9.17, 15) is 9.18 Å². The third kappa shape index (κ3) is 5.29. The highest BCUT2D eigenvalue weighted by Crippen LogP contribution is 2.27. The SMILES string of the molecule is O=C(NCc1ccccc1)c1csc(-c2ccc(OCc3c(F)cccc3Cl)cc2)n1. The predicted octanol–water partition coefficient (Wildman–Crippen LogP) is 6.11. The largest absolute Gasteiger partial charge is 0.489 e. The summed E-state index contributed by atoms with van der Waals surface area (Å²) < 4.78 is 19.5. The second-order valence-corrected chi connectivity index (χ2v) is 7.98. The molecule has 0 atom stereocenters. The van der Waals surface area contributed by atoms with Gasteiger partial charge in [-0.2, -0.15) is 0 Å². The number of benzene rings is 3. The Labute approximate surface area is 188 Å². The lowest BCUT2D eigenvalue weighted by atomic mass is 10.2. The summed E-state index contributed by atoms with van der Waals surface area (Å²) in [5.74, 6) is -0.0292. The van der Waals surface area contributed by atoms with Gasteiger partial charge in [-0.1, -0.05) is 48.0 Å². The summed E-state index contributed by atoms with van der Waals surface area (Å²) in [5, 5.41) is 5.67. The summed E-state index contributed by atoms with van der Waals surface area (Å²) in [6.07, 6.45) is 0. The van der Waals surface area contributed by atoms with Gasteiger partial charge in [0.2, 0.25) is 0 Å². The number of amides is 1. The van der Waals surface area contributed by atoms with Crippen molar-refractivity contribution in [2.45, 2.75) is 13.2 Å². The molecule has 7 heteroatoms. The monoisotopic (exact) mass is 452 g/mol. The van der Waals surface area contributed by atoms with E-state index in [4.69, 9.17) is 16.3 Å². The van der Waals surface area contributed by atoms with Crippen LogP contribution in [0.15, 0.2) is 78.2 Å². The van der Waals surface area contributed by atoms with Gasteiger partial charge in [-0.05, 0) is 42.0 Å². The predicted molar refractivity (Wildman–Crippen MR) is 121 cm³/mol. The molecule has 0 unspecified atom stereocenters. The van der Waals surface area contributed by atoms with Crippen molar-refractivity contribution in [1.29, 1.82) is 0 Å². The van der Waals surface area contributed by atoms with Gasteiger partial charge in [0, 0.05) is 23.1 Å². The molecule has 0 aliphatic carbocycles. The van der Waals surface area contributed by atoms with Gasteiger partial charge < -0.3 is 10.1 Å². The summed E-state index contributed by atoms with van der Waals surface area (Å²) in [7, 11) is 0. The Morgan fingerprint density at radius 2 is 1.81 bits per heavy atom. The molecule has 1 heterocycles. The lowest BCUT2D eigenvalue weighted by molar-refractivity contribution is 0.0946. The fraction of sp³-hybridized carbons (Fsp3) is 0.0833. The molecular weight excluding hydrogens is 435 g/mol. The molecule has 0 saturated carbocycles. The second kappa shape index (κ2) is 9.73. The van der Waals surface area contributed by atoms with Crippen molar-refractivity contribution >= 4 is 28.8 Å². The third-order valence-electron chi connectivity index (χ3n) is 4.58. The molecule has 1 N–H and O–H groups in total. The fourth-order valence-corrected chi connectivity index (χ4v) is 3.92. The van der Waals surface area contributed by atoms with E-state index < -0.39 is 5.82 Å². The van der Waals surface area contributed by atoms with Gasteiger partial charge in [-0.3, -0.25) is 4.79 Å². The minimum Gasteiger partial charge on any atom is -0.489 e. The molecule has 0 radical (unpaired) electrons. The molecule has 4 rings (SSSR count). The van der Waals surface area contributed by atoms with Crippen LogP contribution >= 0.6 is 22.9 Å². The zero-order chi connectivity index (χ0) is 21.6. The molecule has 1 aromatic heterocycles. The van der Waals surface area contributed by atoms with Gasteiger partial charge in [-0.25, -0.2) is 9.37 Å². The standard InChI is InChI=1S/C24H18ClFN2O2S/c25-20-7-4-8-21(26)19(20)14-30-18-11-9-17(10-12-18)24-28-22(15-31-24)23(29)27-13-16-5-2-1-3-6-16/h1-12,15H,13-14H2,(H,27,29). The van der Waals surface area contributed by atoms with E-state index in [-0.39, 0.29) is 12.5 Å². The minimum atomic E-state index is -0.398. The van der Waals surface area contributed by atoms with Crippen LogP contribution < -0.4 is 10.1 Å². The van der Waals surface area contributed by atoms with Crippen LogP contribution in [0.4, 0.5) is 4.39 Å². The van der Waals surface area contributed by atoms with Crippen LogP contribution in [0, 0.1) is 5.82 Å². The van der Waals surface area contributed by atoms with Crippen LogP contribution in [0.3, 0.4) is 0 Å². The van der Waals surface area contributed by atoms with Gasteiger partial charge in [0.1, 0.15) is 28.9 Å². The first-order valence-corrected chi connectivity index (χ1v) is 10.8. The highest BCUT2D eigenvalue weighted by molar-refractivity contribution is 7.13. The van der Waals surface area contributed by atoms with E-state index in [0.717, 1.165) is 16.1 Å². The maximum Gasteiger partial charge on any atom is 0.271 e. The highest BCUT2D eigenvalue weighted by atomic mass is 35.5. The van der Waals surface area contributed by atoms with Crippen molar-refractivity contribution < 1.29 is 13.9 Å². The highest BCUT2D eigenvalue weighted by Gasteiger charge is 2.12. The number of aromatic nitrogens is 1. The average molecular weight is 453 g/mol. The summed E-state index contributed by atoms with van der Waals surface area (Å²) in [6, 6.07) is 21.5. The number of rotatable bonds is 7. The van der Waals surface area contributed by atoms with E-state index in [1.807, 2.05) is 42.5 Å². The summed E-state index contributed by atoms with van der Waals surface area (Å²) in [6.45, 7) is 0.485. The quantitative estimate of drug-likeness (QED) is 0.368. The van der Waals surface area contributed by atoms with Crippen molar-refractivity contribution in [3.63, 3.8) is 0 Å². The maximum absolute atomic E-state index is 13.9. The van der Waals surface area contributed by atoms with Gasteiger partial charge in [-0.15, -0.1) is 11.3 Å². The number of carbonyl (C=O) groups is 1. The van der Waals surface area contributed by atoms with Crippen LogP contribution in [0.5, 0.6) is 5.75 Å². The number of thiazole rings is 1. The molecule has 0 spiro atoms. The van der Waals surface area contributed by atoms with Gasteiger partial charge >= 0.3 is 0 Å². The van der Waals surface area contributed by atoms with Crippen LogP contribution in [-0.4, -0.2) is 10.9 Å².